The van der Waals surface area contributed by atoms with Crippen molar-refractivity contribution in [3.05, 3.63) is 69.8 Å². The minimum absolute atomic E-state index is 0.0652. The Morgan fingerprint density at radius 3 is 2.33 bits per heavy atom. The Bertz CT molecular complexity index is 1040. The maximum Gasteiger partial charge on any atom is 0.170 e. The molecule has 0 aromatic heterocycles. The number of hydrogen-bond donors (Lipinski definition) is 3. The number of carbonyl (C=O) groups is 1. The highest BCUT2D eigenvalue weighted by Gasteiger charge is 2.33. The highest BCUT2D eigenvalue weighted by atomic mass is 16.5. The standard InChI is InChI=1S/C25H28O5/c1-14(2)5-7-16-11-20-22(28)13-23(18-10-8-17(26)12-21(18)27)30-25(20)19(24(16)29)9-6-15(3)4/h5-6,8,10-12,23,26-27,29H,7,9,13H2,1-4H3. The van der Waals surface area contributed by atoms with Gasteiger partial charge in [0.1, 0.15) is 29.1 Å². The number of phenols is 3. The van der Waals surface area contributed by atoms with Crippen molar-refractivity contribution in [2.45, 2.75) is 53.1 Å². The summed E-state index contributed by atoms with van der Waals surface area (Å²) in [5, 5.41) is 30.8. The third-order valence-electron chi connectivity index (χ3n) is 5.16. The van der Waals surface area contributed by atoms with Gasteiger partial charge < -0.3 is 20.1 Å². The molecule has 0 aliphatic carbocycles. The fourth-order valence-corrected chi connectivity index (χ4v) is 3.52. The Hall–Kier alpha value is -3.21. The summed E-state index contributed by atoms with van der Waals surface area (Å²) in [7, 11) is 0. The fourth-order valence-electron chi connectivity index (χ4n) is 3.52. The number of rotatable bonds is 5. The molecular weight excluding hydrogens is 380 g/mol. The van der Waals surface area contributed by atoms with Crippen molar-refractivity contribution in [2.24, 2.45) is 0 Å². The van der Waals surface area contributed by atoms with Crippen molar-refractivity contribution >= 4 is 5.78 Å². The predicted octanol–water partition coefficient (Wildman–Crippen LogP) is 5.53. The summed E-state index contributed by atoms with van der Waals surface area (Å²) in [5.41, 5.74) is 4.36. The van der Waals surface area contributed by atoms with Gasteiger partial charge in [0.25, 0.3) is 0 Å². The minimum Gasteiger partial charge on any atom is -0.508 e. The molecule has 0 saturated heterocycles. The Labute approximate surface area is 177 Å². The molecule has 0 fully saturated rings. The molecule has 0 saturated carbocycles. The van der Waals surface area contributed by atoms with Crippen molar-refractivity contribution < 1.29 is 24.9 Å². The van der Waals surface area contributed by atoms with E-state index in [9.17, 15) is 20.1 Å². The first-order valence-corrected chi connectivity index (χ1v) is 10.0. The molecule has 1 aliphatic rings. The summed E-state index contributed by atoms with van der Waals surface area (Å²) in [6.07, 6.45) is 4.33. The molecule has 2 aromatic carbocycles. The molecule has 3 rings (SSSR count). The van der Waals surface area contributed by atoms with Crippen LogP contribution < -0.4 is 4.74 Å². The van der Waals surface area contributed by atoms with E-state index in [0.717, 1.165) is 11.1 Å². The van der Waals surface area contributed by atoms with Gasteiger partial charge in [-0.05, 0) is 64.3 Å². The van der Waals surface area contributed by atoms with E-state index >= 15 is 0 Å². The molecule has 1 atom stereocenters. The van der Waals surface area contributed by atoms with Crippen LogP contribution in [0.3, 0.4) is 0 Å². The lowest BCUT2D eigenvalue weighted by Crippen LogP contribution is -2.22. The van der Waals surface area contributed by atoms with E-state index in [1.54, 1.807) is 12.1 Å². The van der Waals surface area contributed by atoms with Crippen LogP contribution in [0, 0.1) is 0 Å². The van der Waals surface area contributed by atoms with E-state index in [4.69, 9.17) is 4.74 Å². The number of hydrogen-bond acceptors (Lipinski definition) is 5. The van der Waals surface area contributed by atoms with Crippen LogP contribution in [0.2, 0.25) is 0 Å². The first kappa shape index (κ1) is 21.5. The smallest absolute Gasteiger partial charge is 0.170 e. The monoisotopic (exact) mass is 408 g/mol. The fraction of sp³-hybridized carbons (Fsp3) is 0.320. The lowest BCUT2D eigenvalue weighted by Gasteiger charge is -2.29. The third-order valence-corrected chi connectivity index (χ3v) is 5.16. The topological polar surface area (TPSA) is 87.0 Å². The maximum absolute atomic E-state index is 13.0. The van der Waals surface area contributed by atoms with E-state index in [2.05, 4.69) is 0 Å². The summed E-state index contributed by atoms with van der Waals surface area (Å²) in [6.45, 7) is 7.92. The van der Waals surface area contributed by atoms with Gasteiger partial charge in [0, 0.05) is 17.2 Å². The zero-order chi connectivity index (χ0) is 22.0. The SMILES string of the molecule is CC(C)=CCc1cc2c(c(CC=C(C)C)c1O)OC(c1ccc(O)cc1O)CC2=O. The van der Waals surface area contributed by atoms with Crippen LogP contribution in [-0.2, 0) is 12.8 Å². The number of Topliss-reactive ketones (excluding diaryl/α,β-unsaturated/α-hetero) is 1. The average molecular weight is 408 g/mol. The normalized spacial score (nSPS) is 15.2. The number of allylic oxidation sites excluding steroid dienone is 4. The highest BCUT2D eigenvalue weighted by molar-refractivity contribution is 6.01. The molecule has 2 aromatic rings. The lowest BCUT2D eigenvalue weighted by atomic mass is 9.90. The van der Waals surface area contributed by atoms with Gasteiger partial charge in [-0.1, -0.05) is 23.3 Å². The molecule has 0 bridgehead atoms. The lowest BCUT2D eigenvalue weighted by molar-refractivity contribution is 0.0844. The third kappa shape index (κ3) is 4.51. The quantitative estimate of drug-likeness (QED) is 0.567. The Morgan fingerprint density at radius 1 is 1.03 bits per heavy atom. The van der Waals surface area contributed by atoms with Crippen molar-refractivity contribution in [2.75, 3.05) is 0 Å². The van der Waals surface area contributed by atoms with Crippen LogP contribution >= 0.6 is 0 Å². The molecule has 0 spiro atoms. The molecule has 5 nitrogen and oxygen atoms in total. The summed E-state index contributed by atoms with van der Waals surface area (Å²) < 4.78 is 6.17. The average Bonchev–Trinajstić information content (AvgIpc) is 2.65. The van der Waals surface area contributed by atoms with Crippen molar-refractivity contribution in [3.8, 4) is 23.0 Å². The van der Waals surface area contributed by atoms with Crippen LogP contribution in [0.4, 0.5) is 0 Å². The number of ether oxygens (including phenoxy) is 1. The van der Waals surface area contributed by atoms with E-state index in [-0.39, 0.29) is 29.5 Å². The first-order valence-electron chi connectivity index (χ1n) is 10.0. The van der Waals surface area contributed by atoms with Crippen LogP contribution in [0.25, 0.3) is 0 Å². The van der Waals surface area contributed by atoms with Gasteiger partial charge in [0.2, 0.25) is 0 Å². The number of benzene rings is 2. The molecule has 30 heavy (non-hydrogen) atoms. The summed E-state index contributed by atoms with van der Waals surface area (Å²) >= 11 is 0. The largest absolute Gasteiger partial charge is 0.508 e. The Kier molecular flexibility index (Phi) is 6.20. The van der Waals surface area contributed by atoms with E-state index < -0.39 is 6.10 Å². The number of ketones is 1. The maximum atomic E-state index is 13.0. The summed E-state index contributed by atoms with van der Waals surface area (Å²) in [4.78, 5) is 13.0. The first-order chi connectivity index (χ1) is 14.2. The number of fused-ring (bicyclic) bond motifs is 1. The van der Waals surface area contributed by atoms with Crippen LogP contribution in [0.5, 0.6) is 23.0 Å². The Balaban J connectivity index is 2.11. The van der Waals surface area contributed by atoms with Gasteiger partial charge >= 0.3 is 0 Å². The number of phenolic OH excluding ortho intramolecular Hbond substituents is 3. The van der Waals surface area contributed by atoms with Gasteiger partial charge in [-0.15, -0.1) is 0 Å². The second kappa shape index (κ2) is 8.66. The van der Waals surface area contributed by atoms with Gasteiger partial charge in [-0.25, -0.2) is 0 Å². The minimum atomic E-state index is -0.695. The molecule has 1 aliphatic heterocycles. The second-order valence-corrected chi connectivity index (χ2v) is 8.19. The predicted molar refractivity (Wildman–Crippen MR) is 116 cm³/mol. The van der Waals surface area contributed by atoms with Gasteiger partial charge in [0.15, 0.2) is 5.78 Å². The molecule has 1 heterocycles. The van der Waals surface area contributed by atoms with E-state index in [1.165, 1.54) is 12.1 Å². The van der Waals surface area contributed by atoms with Gasteiger partial charge in [-0.3, -0.25) is 4.79 Å². The van der Waals surface area contributed by atoms with Crippen molar-refractivity contribution in [3.63, 3.8) is 0 Å². The highest BCUT2D eigenvalue weighted by Crippen LogP contribution is 2.44. The second-order valence-electron chi connectivity index (χ2n) is 8.19. The molecule has 0 amide bonds. The van der Waals surface area contributed by atoms with Gasteiger partial charge in [0.05, 0.1) is 12.0 Å². The number of aromatic hydroxyl groups is 3. The molecular formula is C25H28O5. The van der Waals surface area contributed by atoms with Crippen LogP contribution in [0.1, 0.15) is 67.3 Å². The zero-order valence-corrected chi connectivity index (χ0v) is 17.8. The van der Waals surface area contributed by atoms with Crippen molar-refractivity contribution in [1.82, 2.24) is 0 Å². The molecule has 5 heteroatoms. The van der Waals surface area contributed by atoms with Gasteiger partial charge in [-0.2, -0.15) is 0 Å². The van der Waals surface area contributed by atoms with E-state index in [0.29, 0.717) is 40.8 Å². The molecule has 0 radical (unpaired) electrons. The van der Waals surface area contributed by atoms with Crippen molar-refractivity contribution in [1.29, 1.82) is 0 Å². The summed E-state index contributed by atoms with van der Waals surface area (Å²) in [6, 6.07) is 5.93. The van der Waals surface area contributed by atoms with E-state index in [1.807, 2.05) is 39.8 Å². The Morgan fingerprint density at radius 2 is 1.70 bits per heavy atom. The molecule has 158 valence electrons. The zero-order valence-electron chi connectivity index (χ0n) is 17.8. The number of carbonyl (C=O) groups excluding carboxylic acids is 1. The van der Waals surface area contributed by atoms with Crippen LogP contribution in [0.15, 0.2) is 47.6 Å². The molecule has 3 N–H and O–H groups in total. The van der Waals surface area contributed by atoms with Crippen LogP contribution in [-0.4, -0.2) is 21.1 Å². The summed E-state index contributed by atoms with van der Waals surface area (Å²) in [5.74, 6) is 0.188. The molecule has 1 unspecified atom stereocenters.